The van der Waals surface area contributed by atoms with Gasteiger partial charge in [0.1, 0.15) is 5.54 Å². The first-order valence-corrected chi connectivity index (χ1v) is 8.50. The second-order valence-corrected chi connectivity index (χ2v) is 6.92. The number of carbonyl (C=O) groups excluding carboxylic acids is 2. The van der Waals surface area contributed by atoms with Crippen LogP contribution in [0.1, 0.15) is 23.2 Å². The number of imide groups is 1. The van der Waals surface area contributed by atoms with Gasteiger partial charge < -0.3 is 10.1 Å². The molecule has 1 aromatic heterocycles. The van der Waals surface area contributed by atoms with E-state index in [9.17, 15) is 9.59 Å². The maximum absolute atomic E-state index is 12.5. The van der Waals surface area contributed by atoms with E-state index in [2.05, 4.69) is 22.4 Å². The number of rotatable bonds is 6. The quantitative estimate of drug-likeness (QED) is 0.815. The summed E-state index contributed by atoms with van der Waals surface area (Å²) >= 11 is 1.53. The number of hydrogen-bond donors (Lipinski definition) is 1. The molecule has 1 aromatic carbocycles. The van der Waals surface area contributed by atoms with Crippen LogP contribution in [0, 0.1) is 0 Å². The summed E-state index contributed by atoms with van der Waals surface area (Å²) in [6.45, 7) is 1.98. The minimum absolute atomic E-state index is 0.143. The molecule has 1 aliphatic rings. The standard InChI is InChI=1S/C17H19N3O3S/c1-17(11-23-2)15(21)20(16(22)19-17)9-13-10-24-14(18-13)8-12-6-4-3-5-7-12/h3-7,10H,8-9,11H2,1-2H3,(H,19,22)/t17-/m1/s1. The number of benzene rings is 1. The van der Waals surface area contributed by atoms with Crippen LogP contribution in [0.3, 0.4) is 0 Å². The van der Waals surface area contributed by atoms with Crippen molar-refractivity contribution in [1.29, 1.82) is 0 Å². The first-order chi connectivity index (χ1) is 11.5. The molecule has 0 unspecified atom stereocenters. The van der Waals surface area contributed by atoms with E-state index >= 15 is 0 Å². The molecule has 1 fully saturated rings. The van der Waals surface area contributed by atoms with Crippen LogP contribution in [-0.4, -0.2) is 41.1 Å². The van der Waals surface area contributed by atoms with Crippen LogP contribution in [0.4, 0.5) is 4.79 Å². The number of nitrogens with one attached hydrogen (secondary N) is 1. The van der Waals surface area contributed by atoms with E-state index in [1.807, 2.05) is 23.6 Å². The molecule has 7 heteroatoms. The average molecular weight is 345 g/mol. The third kappa shape index (κ3) is 3.32. The fourth-order valence-corrected chi connectivity index (χ4v) is 3.53. The lowest BCUT2D eigenvalue weighted by molar-refractivity contribution is -0.132. The molecular weight excluding hydrogens is 326 g/mol. The normalized spacial score (nSPS) is 20.5. The van der Waals surface area contributed by atoms with E-state index in [4.69, 9.17) is 4.74 Å². The van der Waals surface area contributed by atoms with E-state index in [0.29, 0.717) is 0 Å². The van der Waals surface area contributed by atoms with Crippen molar-refractivity contribution in [3.63, 3.8) is 0 Å². The highest BCUT2D eigenvalue weighted by molar-refractivity contribution is 7.09. The van der Waals surface area contributed by atoms with Gasteiger partial charge in [0.05, 0.1) is 23.9 Å². The minimum Gasteiger partial charge on any atom is -0.382 e. The number of amides is 3. The van der Waals surface area contributed by atoms with Crippen molar-refractivity contribution in [2.24, 2.45) is 0 Å². The molecule has 1 atom stereocenters. The molecule has 1 saturated heterocycles. The van der Waals surface area contributed by atoms with E-state index in [-0.39, 0.29) is 19.1 Å². The maximum atomic E-state index is 12.5. The second kappa shape index (κ2) is 6.70. The average Bonchev–Trinajstić information content (AvgIpc) is 3.07. The number of hydrogen-bond acceptors (Lipinski definition) is 5. The van der Waals surface area contributed by atoms with Crippen molar-refractivity contribution in [2.75, 3.05) is 13.7 Å². The zero-order valence-corrected chi connectivity index (χ0v) is 14.4. The largest absolute Gasteiger partial charge is 0.382 e. The van der Waals surface area contributed by atoms with Crippen molar-refractivity contribution < 1.29 is 14.3 Å². The topological polar surface area (TPSA) is 71.5 Å². The summed E-state index contributed by atoms with van der Waals surface area (Å²) < 4.78 is 5.04. The molecule has 3 amide bonds. The highest BCUT2D eigenvalue weighted by Gasteiger charge is 2.47. The monoisotopic (exact) mass is 345 g/mol. The van der Waals surface area contributed by atoms with Crippen LogP contribution < -0.4 is 5.32 Å². The van der Waals surface area contributed by atoms with Crippen LogP contribution in [0.25, 0.3) is 0 Å². The second-order valence-electron chi connectivity index (χ2n) is 5.98. The fraction of sp³-hybridized carbons (Fsp3) is 0.353. The Balaban J connectivity index is 1.69. The Bertz CT molecular complexity index is 747. The third-order valence-electron chi connectivity index (χ3n) is 3.90. The van der Waals surface area contributed by atoms with Gasteiger partial charge in [0, 0.05) is 18.9 Å². The van der Waals surface area contributed by atoms with Gasteiger partial charge in [-0.1, -0.05) is 30.3 Å². The number of carbonyl (C=O) groups is 2. The number of aromatic nitrogens is 1. The van der Waals surface area contributed by atoms with E-state index < -0.39 is 11.6 Å². The van der Waals surface area contributed by atoms with Gasteiger partial charge in [0.15, 0.2) is 0 Å². The van der Waals surface area contributed by atoms with Gasteiger partial charge in [0.25, 0.3) is 5.91 Å². The van der Waals surface area contributed by atoms with Crippen molar-refractivity contribution in [3.05, 3.63) is 52.0 Å². The predicted molar refractivity (Wildman–Crippen MR) is 90.7 cm³/mol. The molecule has 3 rings (SSSR count). The molecule has 24 heavy (non-hydrogen) atoms. The summed E-state index contributed by atoms with van der Waals surface area (Å²) in [5, 5.41) is 5.54. The summed E-state index contributed by atoms with van der Waals surface area (Å²) in [6.07, 6.45) is 0.743. The van der Waals surface area contributed by atoms with Crippen LogP contribution in [0.2, 0.25) is 0 Å². The van der Waals surface area contributed by atoms with Gasteiger partial charge >= 0.3 is 6.03 Å². The smallest absolute Gasteiger partial charge is 0.325 e. The zero-order valence-electron chi connectivity index (χ0n) is 13.6. The lowest BCUT2D eigenvalue weighted by Crippen LogP contribution is -2.47. The molecular formula is C17H19N3O3S. The van der Waals surface area contributed by atoms with E-state index in [1.54, 1.807) is 6.92 Å². The van der Waals surface area contributed by atoms with Gasteiger partial charge in [-0.3, -0.25) is 9.69 Å². The van der Waals surface area contributed by atoms with Gasteiger partial charge in [-0.25, -0.2) is 9.78 Å². The van der Waals surface area contributed by atoms with Gasteiger partial charge in [-0.2, -0.15) is 0 Å². The molecule has 0 aliphatic carbocycles. The van der Waals surface area contributed by atoms with Crippen molar-refractivity contribution in [2.45, 2.75) is 25.4 Å². The molecule has 1 N–H and O–H groups in total. The molecule has 126 valence electrons. The van der Waals surface area contributed by atoms with Crippen molar-refractivity contribution in [3.8, 4) is 0 Å². The summed E-state index contributed by atoms with van der Waals surface area (Å²) in [6, 6.07) is 9.66. The number of methoxy groups -OCH3 is 1. The Morgan fingerprint density at radius 1 is 1.29 bits per heavy atom. The fourth-order valence-electron chi connectivity index (χ4n) is 2.71. The maximum Gasteiger partial charge on any atom is 0.325 e. The number of thiazole rings is 1. The lowest BCUT2D eigenvalue weighted by Gasteiger charge is -2.20. The summed E-state index contributed by atoms with van der Waals surface area (Å²) in [5.74, 6) is -0.285. The number of nitrogens with zero attached hydrogens (tertiary/aromatic N) is 2. The van der Waals surface area contributed by atoms with Crippen LogP contribution in [0.5, 0.6) is 0 Å². The molecule has 2 aromatic rings. The Hall–Kier alpha value is -2.25. The lowest BCUT2D eigenvalue weighted by atomic mass is 10.0. The van der Waals surface area contributed by atoms with Gasteiger partial charge in [0.2, 0.25) is 0 Å². The highest BCUT2D eigenvalue weighted by Crippen LogP contribution is 2.22. The Morgan fingerprint density at radius 3 is 2.75 bits per heavy atom. The van der Waals surface area contributed by atoms with Crippen LogP contribution >= 0.6 is 11.3 Å². The first kappa shape index (κ1) is 16.6. The van der Waals surface area contributed by atoms with Crippen molar-refractivity contribution >= 4 is 23.3 Å². The zero-order chi connectivity index (χ0) is 17.2. The summed E-state index contributed by atoms with van der Waals surface area (Å²) in [5.41, 5.74) is 0.895. The first-order valence-electron chi connectivity index (χ1n) is 7.62. The van der Waals surface area contributed by atoms with E-state index in [1.165, 1.54) is 28.9 Å². The molecule has 0 bridgehead atoms. The number of ether oxygens (including phenoxy) is 1. The Labute approximate surface area is 144 Å². The highest BCUT2D eigenvalue weighted by atomic mass is 32.1. The molecule has 0 spiro atoms. The Kier molecular flexibility index (Phi) is 4.64. The summed E-state index contributed by atoms with van der Waals surface area (Å²) in [4.78, 5) is 30.3. The minimum atomic E-state index is -1.01. The molecule has 1 aliphatic heterocycles. The third-order valence-corrected chi connectivity index (χ3v) is 4.79. The molecule has 0 saturated carbocycles. The molecule has 6 nitrogen and oxygen atoms in total. The van der Waals surface area contributed by atoms with Crippen LogP contribution in [0.15, 0.2) is 35.7 Å². The van der Waals surface area contributed by atoms with Gasteiger partial charge in [-0.05, 0) is 12.5 Å². The van der Waals surface area contributed by atoms with Gasteiger partial charge in [-0.15, -0.1) is 11.3 Å². The van der Waals surface area contributed by atoms with E-state index in [0.717, 1.165) is 17.1 Å². The SMILES string of the molecule is COC[C@@]1(C)NC(=O)N(Cc2csc(Cc3ccccc3)n2)C1=O. The van der Waals surface area contributed by atoms with Crippen molar-refractivity contribution in [1.82, 2.24) is 15.2 Å². The molecule has 0 radical (unpaired) electrons. The van der Waals surface area contributed by atoms with Crippen LogP contribution in [-0.2, 0) is 22.5 Å². The predicted octanol–water partition coefficient (Wildman–Crippen LogP) is 2.19. The molecule has 2 heterocycles. The summed E-state index contributed by atoms with van der Waals surface area (Å²) in [7, 11) is 1.50. The number of urea groups is 1. The Morgan fingerprint density at radius 2 is 2.04 bits per heavy atom.